The summed E-state index contributed by atoms with van der Waals surface area (Å²) in [5.41, 5.74) is 2.92. The van der Waals surface area contributed by atoms with E-state index in [1.807, 2.05) is 0 Å². The first kappa shape index (κ1) is 12.2. The average molecular weight is 244 g/mol. The Labute approximate surface area is 110 Å². The van der Waals surface area contributed by atoms with Gasteiger partial charge in [-0.2, -0.15) is 0 Å². The van der Waals surface area contributed by atoms with Crippen molar-refractivity contribution in [3.63, 3.8) is 0 Å². The maximum atomic E-state index is 3.69. The van der Waals surface area contributed by atoms with Crippen LogP contribution < -0.4 is 5.32 Å². The van der Waals surface area contributed by atoms with E-state index in [1.165, 1.54) is 43.6 Å². The summed E-state index contributed by atoms with van der Waals surface area (Å²) in [4.78, 5) is 2.66. The summed E-state index contributed by atoms with van der Waals surface area (Å²) in [5, 5.41) is 3.69. The van der Waals surface area contributed by atoms with Crippen LogP contribution >= 0.6 is 0 Å². The molecule has 0 amide bonds. The highest BCUT2D eigenvalue weighted by atomic mass is 15.2. The fourth-order valence-corrected chi connectivity index (χ4v) is 3.65. The third kappa shape index (κ3) is 2.19. The zero-order chi connectivity index (χ0) is 12.5. The topological polar surface area (TPSA) is 15.3 Å². The molecule has 0 aliphatic carbocycles. The summed E-state index contributed by atoms with van der Waals surface area (Å²) in [6.45, 7) is 8.30. The van der Waals surface area contributed by atoms with Gasteiger partial charge in [-0.3, -0.25) is 4.90 Å². The van der Waals surface area contributed by atoms with Crippen LogP contribution in [0.15, 0.2) is 24.3 Å². The molecule has 0 spiro atoms. The normalized spacial score (nSPS) is 30.1. The number of hydrogen-bond donors (Lipinski definition) is 1. The molecule has 2 nitrogen and oxygen atoms in total. The van der Waals surface area contributed by atoms with Crippen LogP contribution in [0.25, 0.3) is 0 Å². The first-order chi connectivity index (χ1) is 8.75. The lowest BCUT2D eigenvalue weighted by Crippen LogP contribution is -2.40. The minimum Gasteiger partial charge on any atom is -0.312 e. The van der Waals surface area contributed by atoms with Gasteiger partial charge in [0.15, 0.2) is 0 Å². The fraction of sp³-hybridized carbons (Fsp3) is 0.625. The van der Waals surface area contributed by atoms with E-state index < -0.39 is 0 Å². The van der Waals surface area contributed by atoms with Gasteiger partial charge in [0.05, 0.1) is 0 Å². The average Bonchev–Trinajstić information content (AvgIpc) is 2.82. The number of nitrogens with one attached hydrogen (secondary N) is 1. The van der Waals surface area contributed by atoms with Crippen molar-refractivity contribution in [1.82, 2.24) is 10.2 Å². The highest BCUT2D eigenvalue weighted by Crippen LogP contribution is 2.32. The minimum absolute atomic E-state index is 0.554. The van der Waals surface area contributed by atoms with Crippen molar-refractivity contribution in [2.45, 2.75) is 38.8 Å². The van der Waals surface area contributed by atoms with E-state index in [0.29, 0.717) is 6.04 Å². The standard InChI is InChI=1S/C16H24N2/c1-12-6-3-4-8-15(12)13(2)18-10-14-7-5-9-17-16(14)11-18/h3-4,6,8,13-14,16-17H,5,7,9-11H2,1-2H3. The zero-order valence-electron chi connectivity index (χ0n) is 11.5. The molecule has 2 aliphatic heterocycles. The van der Waals surface area contributed by atoms with Gasteiger partial charge in [0.25, 0.3) is 0 Å². The number of nitrogens with zero attached hydrogens (tertiary/aromatic N) is 1. The number of aryl methyl sites for hydroxylation is 1. The first-order valence-electron chi connectivity index (χ1n) is 7.28. The second-order valence-electron chi connectivity index (χ2n) is 5.95. The molecular weight excluding hydrogens is 220 g/mol. The third-order valence-corrected chi connectivity index (χ3v) is 4.81. The predicted octanol–water partition coefficient (Wildman–Crippen LogP) is 2.74. The molecule has 18 heavy (non-hydrogen) atoms. The second-order valence-corrected chi connectivity index (χ2v) is 5.95. The summed E-state index contributed by atoms with van der Waals surface area (Å²) in [5.74, 6) is 0.880. The SMILES string of the molecule is Cc1ccccc1C(C)N1CC2CCCNC2C1. The summed E-state index contributed by atoms with van der Waals surface area (Å²) in [6.07, 6.45) is 2.77. The summed E-state index contributed by atoms with van der Waals surface area (Å²) in [6, 6.07) is 10.1. The van der Waals surface area contributed by atoms with E-state index in [2.05, 4.69) is 48.3 Å². The van der Waals surface area contributed by atoms with Crippen molar-refractivity contribution in [3.8, 4) is 0 Å². The van der Waals surface area contributed by atoms with E-state index >= 15 is 0 Å². The van der Waals surface area contributed by atoms with Crippen molar-refractivity contribution >= 4 is 0 Å². The molecule has 2 heteroatoms. The maximum Gasteiger partial charge on any atom is 0.0323 e. The van der Waals surface area contributed by atoms with Crippen LogP contribution in [0.3, 0.4) is 0 Å². The number of hydrogen-bond acceptors (Lipinski definition) is 2. The van der Waals surface area contributed by atoms with E-state index in [1.54, 1.807) is 0 Å². The van der Waals surface area contributed by atoms with Crippen molar-refractivity contribution < 1.29 is 0 Å². The van der Waals surface area contributed by atoms with Gasteiger partial charge in [0.1, 0.15) is 0 Å². The largest absolute Gasteiger partial charge is 0.312 e. The molecule has 0 saturated carbocycles. The molecule has 0 bridgehead atoms. The molecule has 1 aromatic rings. The molecule has 0 radical (unpaired) electrons. The molecule has 3 unspecified atom stereocenters. The Balaban J connectivity index is 1.74. The Hall–Kier alpha value is -0.860. The van der Waals surface area contributed by atoms with Gasteiger partial charge in [-0.05, 0) is 50.3 Å². The van der Waals surface area contributed by atoms with Crippen LogP contribution in [0.5, 0.6) is 0 Å². The van der Waals surface area contributed by atoms with Gasteiger partial charge in [0, 0.05) is 25.2 Å². The van der Waals surface area contributed by atoms with E-state index in [4.69, 9.17) is 0 Å². The lowest BCUT2D eigenvalue weighted by molar-refractivity contribution is 0.250. The van der Waals surface area contributed by atoms with Crippen LogP contribution in [-0.2, 0) is 0 Å². The lowest BCUT2D eigenvalue weighted by atomic mass is 9.94. The summed E-state index contributed by atoms with van der Waals surface area (Å²) < 4.78 is 0. The zero-order valence-corrected chi connectivity index (χ0v) is 11.5. The smallest absolute Gasteiger partial charge is 0.0323 e. The number of piperidine rings is 1. The van der Waals surface area contributed by atoms with Crippen molar-refractivity contribution in [2.75, 3.05) is 19.6 Å². The highest BCUT2D eigenvalue weighted by molar-refractivity contribution is 5.28. The quantitative estimate of drug-likeness (QED) is 0.860. The van der Waals surface area contributed by atoms with Crippen LogP contribution in [0.2, 0.25) is 0 Å². The van der Waals surface area contributed by atoms with Crippen LogP contribution in [0.4, 0.5) is 0 Å². The summed E-state index contributed by atoms with van der Waals surface area (Å²) in [7, 11) is 0. The Morgan fingerprint density at radius 3 is 2.89 bits per heavy atom. The Bertz CT molecular complexity index is 401. The molecule has 98 valence electrons. The highest BCUT2D eigenvalue weighted by Gasteiger charge is 2.36. The number of likely N-dealkylation sites (tertiary alicyclic amines) is 1. The fourth-order valence-electron chi connectivity index (χ4n) is 3.65. The molecule has 0 aromatic heterocycles. The van der Waals surface area contributed by atoms with E-state index in [-0.39, 0.29) is 0 Å². The Kier molecular flexibility index (Phi) is 3.40. The van der Waals surface area contributed by atoms with Gasteiger partial charge < -0.3 is 5.32 Å². The first-order valence-corrected chi connectivity index (χ1v) is 7.28. The molecule has 2 fully saturated rings. The molecule has 1 N–H and O–H groups in total. The number of benzene rings is 1. The molecule has 2 heterocycles. The molecule has 3 rings (SSSR count). The van der Waals surface area contributed by atoms with E-state index in [0.717, 1.165) is 12.0 Å². The Morgan fingerprint density at radius 2 is 2.11 bits per heavy atom. The minimum atomic E-state index is 0.554. The number of rotatable bonds is 2. The second kappa shape index (κ2) is 5.02. The molecule has 3 atom stereocenters. The number of fused-ring (bicyclic) bond motifs is 1. The van der Waals surface area contributed by atoms with Gasteiger partial charge >= 0.3 is 0 Å². The molecule has 2 aliphatic rings. The van der Waals surface area contributed by atoms with Crippen molar-refractivity contribution in [3.05, 3.63) is 35.4 Å². The predicted molar refractivity (Wildman–Crippen MR) is 75.7 cm³/mol. The molecule has 1 aromatic carbocycles. The van der Waals surface area contributed by atoms with Gasteiger partial charge in [0.2, 0.25) is 0 Å². The lowest BCUT2D eigenvalue weighted by Gasteiger charge is -2.26. The van der Waals surface area contributed by atoms with Gasteiger partial charge in [-0.25, -0.2) is 0 Å². The van der Waals surface area contributed by atoms with Crippen molar-refractivity contribution in [1.29, 1.82) is 0 Å². The van der Waals surface area contributed by atoms with E-state index in [9.17, 15) is 0 Å². The third-order valence-electron chi connectivity index (χ3n) is 4.81. The van der Waals surface area contributed by atoms with Crippen molar-refractivity contribution in [2.24, 2.45) is 5.92 Å². The van der Waals surface area contributed by atoms with Crippen LogP contribution in [-0.4, -0.2) is 30.6 Å². The Morgan fingerprint density at radius 1 is 1.28 bits per heavy atom. The molecule has 2 saturated heterocycles. The van der Waals surface area contributed by atoms with Crippen LogP contribution in [0.1, 0.15) is 36.9 Å². The van der Waals surface area contributed by atoms with Gasteiger partial charge in [-0.15, -0.1) is 0 Å². The monoisotopic (exact) mass is 244 g/mol. The van der Waals surface area contributed by atoms with Gasteiger partial charge in [-0.1, -0.05) is 24.3 Å². The summed E-state index contributed by atoms with van der Waals surface area (Å²) >= 11 is 0. The maximum absolute atomic E-state index is 3.69. The van der Waals surface area contributed by atoms with Crippen LogP contribution in [0, 0.1) is 12.8 Å². The molecular formula is C16H24N2.